The van der Waals surface area contributed by atoms with Gasteiger partial charge < -0.3 is 11.1 Å². The molecule has 0 aliphatic rings. The normalized spacial score (nSPS) is 12.2. The van der Waals surface area contributed by atoms with Gasteiger partial charge >= 0.3 is 0 Å². The van der Waals surface area contributed by atoms with E-state index in [4.69, 9.17) is 28.9 Å². The number of nitrogens with one attached hydrogen (secondary N) is 1. The van der Waals surface area contributed by atoms with Crippen LogP contribution in [0.15, 0.2) is 12.1 Å². The fraction of sp³-hybridized carbons (Fsp3) is 0.571. The van der Waals surface area contributed by atoms with Gasteiger partial charge in [0.2, 0.25) is 0 Å². The summed E-state index contributed by atoms with van der Waals surface area (Å²) in [6, 6.07) is 3.72. The third kappa shape index (κ3) is 4.04. The first-order valence-corrected chi connectivity index (χ1v) is 6.93. The summed E-state index contributed by atoms with van der Waals surface area (Å²) in [7, 11) is 0. The molecule has 0 aromatic heterocycles. The average molecular weight is 289 g/mol. The third-order valence-corrected chi connectivity index (χ3v) is 4.24. The number of anilines is 1. The number of nitrogen functional groups attached to an aromatic ring is 1. The maximum Gasteiger partial charge on any atom is 0.0693 e. The van der Waals surface area contributed by atoms with Gasteiger partial charge in [-0.15, -0.1) is 0 Å². The molecule has 18 heavy (non-hydrogen) atoms. The maximum atomic E-state index is 6.00. The molecule has 1 rings (SSSR count). The van der Waals surface area contributed by atoms with Crippen LogP contribution in [0, 0.1) is 11.3 Å². The Morgan fingerprint density at radius 3 is 2.17 bits per heavy atom. The molecular formula is C14H22Cl2N2. The summed E-state index contributed by atoms with van der Waals surface area (Å²) < 4.78 is 0. The molecule has 1 aromatic rings. The molecule has 0 spiro atoms. The third-order valence-electron chi connectivity index (χ3n) is 3.61. The van der Waals surface area contributed by atoms with Crippen LogP contribution < -0.4 is 11.1 Å². The fourth-order valence-electron chi connectivity index (χ4n) is 1.47. The van der Waals surface area contributed by atoms with Gasteiger partial charge in [0, 0.05) is 13.1 Å². The second kappa shape index (κ2) is 6.14. The van der Waals surface area contributed by atoms with Gasteiger partial charge in [0.05, 0.1) is 15.7 Å². The molecule has 0 fully saturated rings. The minimum absolute atomic E-state index is 0.265. The van der Waals surface area contributed by atoms with E-state index >= 15 is 0 Å². The van der Waals surface area contributed by atoms with Crippen LogP contribution in [0.25, 0.3) is 0 Å². The lowest BCUT2D eigenvalue weighted by Crippen LogP contribution is -2.33. The van der Waals surface area contributed by atoms with Crippen LogP contribution in [0.1, 0.15) is 33.3 Å². The SMILES string of the molecule is CC(C)C(C)(C)CNCc1cc(Cl)c(N)c(Cl)c1. The van der Waals surface area contributed by atoms with Crippen molar-refractivity contribution in [3.63, 3.8) is 0 Å². The molecule has 0 saturated heterocycles. The van der Waals surface area contributed by atoms with Crippen LogP contribution >= 0.6 is 23.2 Å². The smallest absolute Gasteiger partial charge is 0.0693 e. The van der Waals surface area contributed by atoms with Crippen LogP contribution in [0.4, 0.5) is 5.69 Å². The van der Waals surface area contributed by atoms with Gasteiger partial charge in [-0.2, -0.15) is 0 Å². The Hall–Kier alpha value is -0.440. The number of hydrogen-bond donors (Lipinski definition) is 2. The summed E-state index contributed by atoms with van der Waals surface area (Å²) >= 11 is 12.0. The van der Waals surface area contributed by atoms with Crippen LogP contribution in [0.5, 0.6) is 0 Å². The average Bonchev–Trinajstić information content (AvgIpc) is 2.25. The zero-order chi connectivity index (χ0) is 13.9. The van der Waals surface area contributed by atoms with E-state index in [1.165, 1.54) is 0 Å². The molecule has 0 saturated carbocycles. The van der Waals surface area contributed by atoms with Crippen molar-refractivity contribution >= 4 is 28.9 Å². The number of hydrogen-bond acceptors (Lipinski definition) is 2. The largest absolute Gasteiger partial charge is 0.396 e. The first-order valence-electron chi connectivity index (χ1n) is 6.18. The molecule has 102 valence electrons. The van der Waals surface area contributed by atoms with E-state index in [0.717, 1.165) is 18.7 Å². The van der Waals surface area contributed by atoms with Crippen LogP contribution in [0.2, 0.25) is 10.0 Å². The van der Waals surface area contributed by atoms with Gasteiger partial charge in [0.25, 0.3) is 0 Å². The first-order chi connectivity index (χ1) is 8.24. The van der Waals surface area contributed by atoms with Crippen molar-refractivity contribution in [2.24, 2.45) is 11.3 Å². The van der Waals surface area contributed by atoms with Crippen molar-refractivity contribution in [2.45, 2.75) is 34.2 Å². The summed E-state index contributed by atoms with van der Waals surface area (Å²) in [4.78, 5) is 0. The van der Waals surface area contributed by atoms with E-state index in [2.05, 4.69) is 33.0 Å². The Labute approximate surface area is 120 Å². The Balaban J connectivity index is 2.60. The van der Waals surface area contributed by atoms with Crippen LogP contribution in [-0.4, -0.2) is 6.54 Å². The summed E-state index contributed by atoms with van der Waals surface area (Å²) in [6.45, 7) is 10.7. The highest BCUT2D eigenvalue weighted by molar-refractivity contribution is 6.38. The van der Waals surface area contributed by atoms with Crippen LogP contribution in [0.3, 0.4) is 0 Å². The molecule has 0 aliphatic heterocycles. The number of nitrogens with two attached hydrogens (primary N) is 1. The van der Waals surface area contributed by atoms with Crippen molar-refractivity contribution in [1.82, 2.24) is 5.32 Å². The number of rotatable bonds is 5. The number of benzene rings is 1. The molecule has 0 amide bonds. The summed E-state index contributed by atoms with van der Waals surface area (Å²) in [6.07, 6.45) is 0. The van der Waals surface area contributed by atoms with E-state index < -0.39 is 0 Å². The highest BCUT2D eigenvalue weighted by Gasteiger charge is 2.21. The predicted molar refractivity (Wildman–Crippen MR) is 81.2 cm³/mol. The van der Waals surface area contributed by atoms with Crippen molar-refractivity contribution in [1.29, 1.82) is 0 Å². The quantitative estimate of drug-likeness (QED) is 0.791. The second-order valence-electron chi connectivity index (χ2n) is 5.72. The van der Waals surface area contributed by atoms with Gasteiger partial charge in [0.15, 0.2) is 0 Å². The molecule has 0 atom stereocenters. The Kier molecular flexibility index (Phi) is 5.32. The Morgan fingerprint density at radius 2 is 1.72 bits per heavy atom. The van der Waals surface area contributed by atoms with E-state index in [-0.39, 0.29) is 5.41 Å². The molecule has 1 aromatic carbocycles. The van der Waals surface area contributed by atoms with Gasteiger partial charge in [-0.25, -0.2) is 0 Å². The lowest BCUT2D eigenvalue weighted by atomic mass is 9.81. The Morgan fingerprint density at radius 1 is 1.22 bits per heavy atom. The Bertz CT molecular complexity index is 391. The van der Waals surface area contributed by atoms with Gasteiger partial charge in [-0.1, -0.05) is 50.9 Å². The molecule has 0 bridgehead atoms. The van der Waals surface area contributed by atoms with E-state index in [0.29, 0.717) is 21.7 Å². The summed E-state index contributed by atoms with van der Waals surface area (Å²) in [5, 5.41) is 4.47. The second-order valence-corrected chi connectivity index (χ2v) is 6.53. The van der Waals surface area contributed by atoms with Crippen molar-refractivity contribution in [2.75, 3.05) is 12.3 Å². The van der Waals surface area contributed by atoms with Crippen molar-refractivity contribution < 1.29 is 0 Å². The molecule has 2 nitrogen and oxygen atoms in total. The molecule has 0 unspecified atom stereocenters. The molecular weight excluding hydrogens is 267 g/mol. The zero-order valence-electron chi connectivity index (χ0n) is 11.5. The minimum Gasteiger partial charge on any atom is -0.396 e. The topological polar surface area (TPSA) is 38.0 Å². The summed E-state index contributed by atoms with van der Waals surface area (Å²) in [5.41, 5.74) is 7.47. The molecule has 3 N–H and O–H groups in total. The molecule has 0 heterocycles. The van der Waals surface area contributed by atoms with Gasteiger partial charge in [-0.05, 0) is 29.0 Å². The monoisotopic (exact) mass is 288 g/mol. The molecule has 4 heteroatoms. The van der Waals surface area contributed by atoms with Gasteiger partial charge in [0.1, 0.15) is 0 Å². The first kappa shape index (κ1) is 15.6. The summed E-state index contributed by atoms with van der Waals surface area (Å²) in [5.74, 6) is 0.628. The molecule has 0 aliphatic carbocycles. The fourth-order valence-corrected chi connectivity index (χ4v) is 2.00. The van der Waals surface area contributed by atoms with E-state index in [1.54, 1.807) is 0 Å². The maximum absolute atomic E-state index is 6.00. The van der Waals surface area contributed by atoms with Crippen molar-refractivity contribution in [3.8, 4) is 0 Å². The molecule has 0 radical (unpaired) electrons. The lowest BCUT2D eigenvalue weighted by molar-refractivity contribution is 0.238. The van der Waals surface area contributed by atoms with Gasteiger partial charge in [-0.3, -0.25) is 0 Å². The minimum atomic E-state index is 0.265. The van der Waals surface area contributed by atoms with Crippen molar-refractivity contribution in [3.05, 3.63) is 27.7 Å². The highest BCUT2D eigenvalue weighted by Crippen LogP contribution is 2.29. The predicted octanol–water partition coefficient (Wildman–Crippen LogP) is 4.35. The van der Waals surface area contributed by atoms with E-state index in [1.807, 2.05) is 12.1 Å². The highest BCUT2D eigenvalue weighted by atomic mass is 35.5. The zero-order valence-corrected chi connectivity index (χ0v) is 13.0. The van der Waals surface area contributed by atoms with E-state index in [9.17, 15) is 0 Å². The van der Waals surface area contributed by atoms with Crippen LogP contribution in [-0.2, 0) is 6.54 Å². The lowest BCUT2D eigenvalue weighted by Gasteiger charge is -2.29. The standard InChI is InChI=1S/C14H22Cl2N2/c1-9(2)14(3,4)8-18-7-10-5-11(15)13(17)12(16)6-10/h5-6,9,18H,7-8,17H2,1-4H3. The number of halogens is 2.